The van der Waals surface area contributed by atoms with Crippen LogP contribution in [0.1, 0.15) is 5.56 Å². The van der Waals surface area contributed by atoms with Gasteiger partial charge in [0, 0.05) is 18.0 Å². The highest BCUT2D eigenvalue weighted by molar-refractivity contribution is 6.05. The summed E-state index contributed by atoms with van der Waals surface area (Å²) >= 11 is 0. The summed E-state index contributed by atoms with van der Waals surface area (Å²) in [4.78, 5) is 9.04. The van der Waals surface area contributed by atoms with Crippen LogP contribution in [0.2, 0.25) is 0 Å². The van der Waals surface area contributed by atoms with Crippen LogP contribution < -0.4 is 4.57 Å². The maximum atomic E-state index is 4.66. The Bertz CT molecular complexity index is 1310. The van der Waals surface area contributed by atoms with Crippen molar-refractivity contribution < 1.29 is 4.57 Å². The number of hydrogen-bond acceptors (Lipinski definition) is 2. The number of para-hydroxylation sites is 1. The summed E-state index contributed by atoms with van der Waals surface area (Å²) in [5.41, 5.74) is 7.02. The molecule has 0 atom stereocenters. The molecular formula is C21H16N5+. The van der Waals surface area contributed by atoms with E-state index in [0.29, 0.717) is 0 Å². The van der Waals surface area contributed by atoms with Crippen molar-refractivity contribution >= 4 is 22.1 Å². The molecule has 26 heavy (non-hydrogen) atoms. The molecule has 4 aromatic heterocycles. The second-order valence-corrected chi connectivity index (χ2v) is 6.72. The molecule has 6 rings (SSSR count). The number of pyridine rings is 2. The summed E-state index contributed by atoms with van der Waals surface area (Å²) in [5, 5.41) is 1.21. The Labute approximate surface area is 149 Å². The van der Waals surface area contributed by atoms with Gasteiger partial charge in [0.05, 0.1) is 25.2 Å². The third kappa shape index (κ3) is 1.57. The fraction of sp³-hybridized carbons (Fsp3) is 0.0952. The Morgan fingerprint density at radius 1 is 1.00 bits per heavy atom. The fourth-order valence-corrected chi connectivity index (χ4v) is 4.28. The minimum Gasteiger partial charge on any atom is -0.261 e. The summed E-state index contributed by atoms with van der Waals surface area (Å²) in [6.45, 7) is 0.840. The van der Waals surface area contributed by atoms with Crippen LogP contribution in [0.3, 0.4) is 0 Å². The monoisotopic (exact) mass is 338 g/mol. The summed E-state index contributed by atoms with van der Waals surface area (Å²) in [5.74, 6) is 1.16. The van der Waals surface area contributed by atoms with Crippen LogP contribution in [0.15, 0.2) is 67.1 Å². The lowest BCUT2D eigenvalue weighted by molar-refractivity contribution is -0.648. The highest BCUT2D eigenvalue weighted by atomic mass is 15.3. The van der Waals surface area contributed by atoms with E-state index in [2.05, 4.69) is 67.1 Å². The average Bonchev–Trinajstić information content (AvgIpc) is 3.31. The van der Waals surface area contributed by atoms with Crippen molar-refractivity contribution in [2.24, 2.45) is 7.05 Å². The molecule has 5 aromatic rings. The maximum absolute atomic E-state index is 4.66. The van der Waals surface area contributed by atoms with Crippen LogP contribution in [-0.4, -0.2) is 19.1 Å². The van der Waals surface area contributed by atoms with Crippen LogP contribution in [0.5, 0.6) is 0 Å². The quantitative estimate of drug-likeness (QED) is 0.432. The molecule has 0 N–H and O–H groups in total. The molecule has 0 amide bonds. The Hall–Kier alpha value is -3.47. The Balaban J connectivity index is 1.83. The molecule has 1 aromatic carbocycles. The van der Waals surface area contributed by atoms with Crippen LogP contribution >= 0.6 is 0 Å². The third-order valence-corrected chi connectivity index (χ3v) is 5.33. The molecule has 1 aliphatic heterocycles. The molecule has 5 nitrogen and oxygen atoms in total. The lowest BCUT2D eigenvalue weighted by atomic mass is 10.2. The zero-order valence-electron chi connectivity index (χ0n) is 14.3. The number of rotatable bonds is 1. The highest BCUT2D eigenvalue weighted by Gasteiger charge is 2.36. The summed E-state index contributed by atoms with van der Waals surface area (Å²) in [6.07, 6.45) is 5.70. The SMILES string of the molecule is Cn1c2[n+](c3c1c1ccncc1n3-c1ccccc1)Cc1cccnc1-2. The van der Waals surface area contributed by atoms with Gasteiger partial charge in [0.15, 0.2) is 5.52 Å². The van der Waals surface area contributed by atoms with Gasteiger partial charge in [0.2, 0.25) is 0 Å². The van der Waals surface area contributed by atoms with Gasteiger partial charge < -0.3 is 0 Å². The van der Waals surface area contributed by atoms with Crippen molar-refractivity contribution in [3.63, 3.8) is 0 Å². The summed E-state index contributed by atoms with van der Waals surface area (Å²) in [7, 11) is 2.13. The van der Waals surface area contributed by atoms with E-state index >= 15 is 0 Å². The van der Waals surface area contributed by atoms with Crippen molar-refractivity contribution in [1.29, 1.82) is 0 Å². The zero-order valence-corrected chi connectivity index (χ0v) is 14.3. The van der Waals surface area contributed by atoms with E-state index in [1.54, 1.807) is 0 Å². The van der Waals surface area contributed by atoms with E-state index in [1.807, 2.05) is 30.7 Å². The van der Waals surface area contributed by atoms with E-state index in [1.165, 1.54) is 22.1 Å². The standard InChI is InChI=1S/C21H16N5/c1-24-19-16-9-11-22-12-17(16)26(15-7-3-2-4-8-15)21(19)25-13-14-6-5-10-23-18(14)20(24)25/h2-12H,13H2,1H3/q+1. The highest BCUT2D eigenvalue weighted by Crippen LogP contribution is 2.35. The van der Waals surface area contributed by atoms with Crippen LogP contribution in [0, 0.1) is 0 Å². The second kappa shape index (κ2) is 4.79. The van der Waals surface area contributed by atoms with Crippen molar-refractivity contribution in [1.82, 2.24) is 19.1 Å². The molecule has 0 fully saturated rings. The zero-order chi connectivity index (χ0) is 17.3. The average molecular weight is 338 g/mol. The van der Waals surface area contributed by atoms with Crippen molar-refractivity contribution in [3.05, 3.63) is 72.7 Å². The minimum atomic E-state index is 0.840. The third-order valence-electron chi connectivity index (χ3n) is 5.33. The summed E-state index contributed by atoms with van der Waals surface area (Å²) in [6, 6.07) is 16.8. The number of hydrogen-bond donors (Lipinski definition) is 0. The molecule has 0 saturated carbocycles. The number of aryl methyl sites for hydroxylation is 1. The molecular weight excluding hydrogens is 322 g/mol. The smallest absolute Gasteiger partial charge is 0.261 e. The molecule has 124 valence electrons. The Morgan fingerprint density at radius 3 is 2.77 bits per heavy atom. The molecule has 5 heteroatoms. The number of imidazole rings is 1. The van der Waals surface area contributed by atoms with Crippen molar-refractivity contribution in [3.8, 4) is 17.2 Å². The molecule has 0 saturated heterocycles. The molecule has 0 radical (unpaired) electrons. The Kier molecular flexibility index (Phi) is 2.54. The van der Waals surface area contributed by atoms with E-state index in [-0.39, 0.29) is 0 Å². The van der Waals surface area contributed by atoms with Gasteiger partial charge in [-0.3, -0.25) is 9.55 Å². The van der Waals surface area contributed by atoms with Crippen molar-refractivity contribution in [2.75, 3.05) is 0 Å². The van der Waals surface area contributed by atoms with Crippen LogP contribution in [0.4, 0.5) is 0 Å². The van der Waals surface area contributed by atoms with Crippen LogP contribution in [0.25, 0.3) is 39.3 Å². The fourth-order valence-electron chi connectivity index (χ4n) is 4.28. The topological polar surface area (TPSA) is 39.5 Å². The number of benzene rings is 1. The minimum absolute atomic E-state index is 0.840. The van der Waals surface area contributed by atoms with Gasteiger partial charge in [-0.25, -0.2) is 14.1 Å². The second-order valence-electron chi connectivity index (χ2n) is 6.72. The molecule has 0 unspecified atom stereocenters. The first-order valence-electron chi connectivity index (χ1n) is 8.71. The predicted octanol–water partition coefficient (Wildman–Crippen LogP) is 3.23. The maximum Gasteiger partial charge on any atom is 0.275 e. The lowest BCUT2D eigenvalue weighted by Crippen LogP contribution is -2.33. The van der Waals surface area contributed by atoms with Gasteiger partial charge in [0.25, 0.3) is 11.5 Å². The first-order chi connectivity index (χ1) is 12.8. The predicted molar refractivity (Wildman–Crippen MR) is 100 cm³/mol. The van der Waals surface area contributed by atoms with Gasteiger partial charge >= 0.3 is 0 Å². The molecule has 5 heterocycles. The lowest BCUT2D eigenvalue weighted by Gasteiger charge is -2.02. The largest absolute Gasteiger partial charge is 0.275 e. The van der Waals surface area contributed by atoms with Crippen molar-refractivity contribution in [2.45, 2.75) is 6.54 Å². The summed E-state index contributed by atoms with van der Waals surface area (Å²) < 4.78 is 6.96. The molecule has 0 bridgehead atoms. The molecule has 1 aliphatic rings. The molecule has 0 aliphatic carbocycles. The van der Waals surface area contributed by atoms with Gasteiger partial charge in [-0.2, -0.15) is 0 Å². The van der Waals surface area contributed by atoms with Gasteiger partial charge in [-0.05, 0) is 24.3 Å². The Morgan fingerprint density at radius 2 is 1.88 bits per heavy atom. The van der Waals surface area contributed by atoms with E-state index in [4.69, 9.17) is 0 Å². The van der Waals surface area contributed by atoms with Crippen LogP contribution in [-0.2, 0) is 13.6 Å². The van der Waals surface area contributed by atoms with Gasteiger partial charge in [-0.15, -0.1) is 0 Å². The van der Waals surface area contributed by atoms with E-state index < -0.39 is 0 Å². The first kappa shape index (κ1) is 13.8. The van der Waals surface area contributed by atoms with Gasteiger partial charge in [-0.1, -0.05) is 24.3 Å². The van der Waals surface area contributed by atoms with E-state index in [9.17, 15) is 0 Å². The van der Waals surface area contributed by atoms with Gasteiger partial charge in [0.1, 0.15) is 16.9 Å². The van der Waals surface area contributed by atoms with E-state index in [0.717, 1.165) is 29.3 Å². The first-order valence-corrected chi connectivity index (χ1v) is 8.71. The normalized spacial score (nSPS) is 12.7. The number of aromatic nitrogens is 5. The number of nitrogens with zero attached hydrogens (tertiary/aromatic N) is 5. The molecule has 0 spiro atoms. The number of fused-ring (bicyclic) bond motifs is 7.